The summed E-state index contributed by atoms with van der Waals surface area (Å²) in [7, 11) is -3.50. The van der Waals surface area contributed by atoms with E-state index in [2.05, 4.69) is 5.32 Å². The zero-order valence-corrected chi connectivity index (χ0v) is 19.3. The lowest BCUT2D eigenvalue weighted by atomic mass is 9.97. The van der Waals surface area contributed by atoms with Gasteiger partial charge in [0.05, 0.1) is 15.8 Å². The molecule has 0 unspecified atom stereocenters. The molecule has 1 aliphatic heterocycles. The van der Waals surface area contributed by atoms with E-state index in [0.717, 1.165) is 18.4 Å². The molecule has 1 aliphatic rings. The third-order valence-corrected chi connectivity index (χ3v) is 8.00. The lowest BCUT2D eigenvalue weighted by Crippen LogP contribution is -2.43. The van der Waals surface area contributed by atoms with Crippen LogP contribution in [-0.4, -0.2) is 38.3 Å². The number of carbonyl (C=O) groups is 1. The van der Waals surface area contributed by atoms with Gasteiger partial charge in [0, 0.05) is 25.6 Å². The average Bonchev–Trinajstić information content (AvgIpc) is 2.75. The first-order valence-corrected chi connectivity index (χ1v) is 12.5. The van der Waals surface area contributed by atoms with Crippen molar-refractivity contribution in [1.82, 2.24) is 9.62 Å². The first-order valence-electron chi connectivity index (χ1n) is 10.2. The fourth-order valence-corrected chi connectivity index (χ4v) is 5.50. The summed E-state index contributed by atoms with van der Waals surface area (Å²) in [5, 5.41) is 3.64. The van der Waals surface area contributed by atoms with E-state index >= 15 is 0 Å². The minimum absolute atomic E-state index is 0.0411. The van der Waals surface area contributed by atoms with Gasteiger partial charge in [-0.05, 0) is 61.1 Å². The van der Waals surface area contributed by atoms with Crippen LogP contribution in [0.3, 0.4) is 0 Å². The maximum atomic E-state index is 12.9. The van der Waals surface area contributed by atoms with Crippen molar-refractivity contribution in [2.45, 2.75) is 31.4 Å². The van der Waals surface area contributed by atoms with Gasteiger partial charge in [-0.3, -0.25) is 4.79 Å². The predicted molar refractivity (Wildman–Crippen MR) is 121 cm³/mol. The molecule has 1 N–H and O–H groups in total. The van der Waals surface area contributed by atoms with E-state index in [9.17, 15) is 17.6 Å². The SMILES string of the molecule is O=C(NCCCc1ccc(F)cc1)C1CCN(S(=O)(=O)Cc2ccc(Cl)c(Cl)c2)CC1. The number of nitrogens with one attached hydrogen (secondary N) is 1. The summed E-state index contributed by atoms with van der Waals surface area (Å²) in [4.78, 5) is 12.4. The Balaban J connectivity index is 1.42. The Kier molecular flexibility index (Phi) is 8.33. The summed E-state index contributed by atoms with van der Waals surface area (Å²) in [6.07, 6.45) is 2.50. The van der Waals surface area contributed by atoms with Gasteiger partial charge < -0.3 is 5.32 Å². The summed E-state index contributed by atoms with van der Waals surface area (Å²) in [6.45, 7) is 1.17. The minimum atomic E-state index is -3.50. The van der Waals surface area contributed by atoms with Crippen LogP contribution in [0, 0.1) is 11.7 Å². The normalized spacial score (nSPS) is 15.7. The van der Waals surface area contributed by atoms with E-state index in [1.54, 1.807) is 30.3 Å². The molecular formula is C22H25Cl2FN2O3S. The van der Waals surface area contributed by atoms with Crippen molar-refractivity contribution in [2.75, 3.05) is 19.6 Å². The monoisotopic (exact) mass is 486 g/mol. The molecule has 1 heterocycles. The Morgan fingerprint density at radius 2 is 1.68 bits per heavy atom. The molecule has 5 nitrogen and oxygen atoms in total. The molecule has 1 fully saturated rings. The Morgan fingerprint density at radius 3 is 2.32 bits per heavy atom. The van der Waals surface area contributed by atoms with E-state index in [0.29, 0.717) is 48.1 Å². The summed E-state index contributed by atoms with van der Waals surface area (Å²) >= 11 is 11.9. The number of hydrogen-bond acceptors (Lipinski definition) is 3. The molecule has 0 aromatic heterocycles. The van der Waals surface area contributed by atoms with E-state index < -0.39 is 10.0 Å². The summed E-state index contributed by atoms with van der Waals surface area (Å²) in [5.74, 6) is -0.644. The highest BCUT2D eigenvalue weighted by molar-refractivity contribution is 7.88. The number of rotatable bonds is 8. The average molecular weight is 487 g/mol. The number of piperidine rings is 1. The van der Waals surface area contributed by atoms with Crippen molar-refractivity contribution < 1.29 is 17.6 Å². The highest BCUT2D eigenvalue weighted by atomic mass is 35.5. The van der Waals surface area contributed by atoms with E-state index in [4.69, 9.17) is 23.2 Å². The van der Waals surface area contributed by atoms with Crippen molar-refractivity contribution in [2.24, 2.45) is 5.92 Å². The number of hydrogen-bond donors (Lipinski definition) is 1. The number of amides is 1. The highest BCUT2D eigenvalue weighted by Crippen LogP contribution is 2.26. The molecule has 0 aliphatic carbocycles. The summed E-state index contributed by atoms with van der Waals surface area (Å²) in [5.41, 5.74) is 1.60. The molecule has 1 saturated heterocycles. The Bertz CT molecular complexity index is 1010. The summed E-state index contributed by atoms with van der Waals surface area (Å²) < 4.78 is 39.8. The predicted octanol–water partition coefficient (Wildman–Crippen LogP) is 4.42. The van der Waals surface area contributed by atoms with Crippen LogP contribution in [0.1, 0.15) is 30.4 Å². The van der Waals surface area contributed by atoms with Gasteiger partial charge in [0.25, 0.3) is 0 Å². The van der Waals surface area contributed by atoms with Crippen LogP contribution >= 0.6 is 23.2 Å². The molecule has 0 atom stereocenters. The second-order valence-electron chi connectivity index (χ2n) is 7.70. The van der Waals surface area contributed by atoms with Gasteiger partial charge in [-0.25, -0.2) is 17.1 Å². The van der Waals surface area contributed by atoms with Crippen molar-refractivity contribution in [1.29, 1.82) is 0 Å². The van der Waals surface area contributed by atoms with Crippen molar-refractivity contribution >= 4 is 39.1 Å². The first kappa shape index (κ1) is 24.0. The van der Waals surface area contributed by atoms with Gasteiger partial charge in [-0.1, -0.05) is 41.4 Å². The van der Waals surface area contributed by atoms with Crippen LogP contribution in [-0.2, 0) is 27.0 Å². The van der Waals surface area contributed by atoms with Crippen molar-refractivity contribution in [3.63, 3.8) is 0 Å². The fourth-order valence-electron chi connectivity index (χ4n) is 3.63. The lowest BCUT2D eigenvalue weighted by molar-refractivity contribution is -0.126. The van der Waals surface area contributed by atoms with E-state index in [1.165, 1.54) is 16.4 Å². The maximum absolute atomic E-state index is 12.9. The molecule has 9 heteroatoms. The van der Waals surface area contributed by atoms with Gasteiger partial charge >= 0.3 is 0 Å². The zero-order valence-electron chi connectivity index (χ0n) is 17.0. The zero-order chi connectivity index (χ0) is 22.4. The number of benzene rings is 2. The van der Waals surface area contributed by atoms with E-state index in [1.807, 2.05) is 0 Å². The second-order valence-corrected chi connectivity index (χ2v) is 10.5. The molecule has 31 heavy (non-hydrogen) atoms. The number of nitrogens with zero attached hydrogens (tertiary/aromatic N) is 1. The molecule has 2 aromatic carbocycles. The Labute approximate surface area is 192 Å². The van der Waals surface area contributed by atoms with E-state index in [-0.39, 0.29) is 23.4 Å². The third kappa shape index (κ3) is 6.91. The number of aryl methyl sites for hydroxylation is 1. The third-order valence-electron chi connectivity index (χ3n) is 5.41. The second kappa shape index (κ2) is 10.8. The molecule has 0 saturated carbocycles. The van der Waals surface area contributed by atoms with Gasteiger partial charge in [-0.15, -0.1) is 0 Å². The number of halogens is 3. The largest absolute Gasteiger partial charge is 0.356 e. The molecule has 0 spiro atoms. The van der Waals surface area contributed by atoms with Gasteiger partial charge in [0.1, 0.15) is 5.82 Å². The van der Waals surface area contributed by atoms with Crippen LogP contribution < -0.4 is 5.32 Å². The van der Waals surface area contributed by atoms with Crippen molar-refractivity contribution in [3.8, 4) is 0 Å². The minimum Gasteiger partial charge on any atom is -0.356 e. The molecule has 168 valence electrons. The smallest absolute Gasteiger partial charge is 0.223 e. The van der Waals surface area contributed by atoms with Gasteiger partial charge in [0.2, 0.25) is 15.9 Å². The van der Waals surface area contributed by atoms with Gasteiger partial charge in [0.15, 0.2) is 0 Å². The molecular weight excluding hydrogens is 462 g/mol. The fraction of sp³-hybridized carbons (Fsp3) is 0.409. The van der Waals surface area contributed by atoms with Crippen LogP contribution in [0.25, 0.3) is 0 Å². The first-order chi connectivity index (χ1) is 14.7. The summed E-state index contributed by atoms with van der Waals surface area (Å²) in [6, 6.07) is 11.1. The molecule has 0 bridgehead atoms. The van der Waals surface area contributed by atoms with Crippen LogP contribution in [0.4, 0.5) is 4.39 Å². The lowest BCUT2D eigenvalue weighted by Gasteiger charge is -2.30. The number of sulfonamides is 1. The molecule has 3 rings (SSSR count). The quantitative estimate of drug-likeness (QED) is 0.561. The number of carbonyl (C=O) groups excluding carboxylic acids is 1. The van der Waals surface area contributed by atoms with Crippen LogP contribution in [0.5, 0.6) is 0 Å². The van der Waals surface area contributed by atoms with Crippen LogP contribution in [0.15, 0.2) is 42.5 Å². The molecule has 1 amide bonds. The highest BCUT2D eigenvalue weighted by Gasteiger charge is 2.31. The Hall–Kier alpha value is -1.67. The van der Waals surface area contributed by atoms with Crippen LogP contribution in [0.2, 0.25) is 10.0 Å². The standard InChI is InChI=1S/C22H25Cl2FN2O3S/c23-20-8-5-17(14-21(20)24)15-31(29,30)27-12-9-18(10-13-27)22(28)26-11-1-2-16-3-6-19(25)7-4-16/h3-8,14,18H,1-2,9-13,15H2,(H,26,28). The maximum Gasteiger partial charge on any atom is 0.223 e. The van der Waals surface area contributed by atoms with Crippen molar-refractivity contribution in [3.05, 3.63) is 69.5 Å². The molecule has 0 radical (unpaired) electrons. The van der Waals surface area contributed by atoms with Gasteiger partial charge in [-0.2, -0.15) is 0 Å². The molecule has 2 aromatic rings. The topological polar surface area (TPSA) is 66.5 Å². The Morgan fingerprint density at radius 1 is 1.03 bits per heavy atom.